The van der Waals surface area contributed by atoms with Gasteiger partial charge in [-0.05, 0) is 13.8 Å². The minimum atomic E-state index is -0.137. The van der Waals surface area contributed by atoms with E-state index in [9.17, 15) is 9.90 Å². The van der Waals surface area contributed by atoms with Crippen LogP contribution in [0.25, 0.3) is 16.9 Å². The Morgan fingerprint density at radius 3 is 2.57 bits per heavy atom. The summed E-state index contributed by atoms with van der Waals surface area (Å²) in [5.41, 5.74) is 2.22. The van der Waals surface area contributed by atoms with Gasteiger partial charge in [-0.2, -0.15) is 9.61 Å². The van der Waals surface area contributed by atoms with E-state index in [-0.39, 0.29) is 11.8 Å². The van der Waals surface area contributed by atoms with Gasteiger partial charge in [0.1, 0.15) is 5.56 Å². The van der Waals surface area contributed by atoms with Crippen molar-refractivity contribution in [2.45, 2.75) is 13.8 Å². The highest BCUT2D eigenvalue weighted by molar-refractivity contribution is 6.00. The minimum Gasteiger partial charge on any atom is -0.493 e. The molecule has 0 aliphatic rings. The molecule has 2 heterocycles. The summed E-state index contributed by atoms with van der Waals surface area (Å²) in [6, 6.07) is 11.1. The molecule has 1 N–H and O–H groups in total. The van der Waals surface area contributed by atoms with Gasteiger partial charge in [-0.1, -0.05) is 30.3 Å². The maximum Gasteiger partial charge on any atom is 0.259 e. The zero-order valence-corrected chi connectivity index (χ0v) is 13.1. The van der Waals surface area contributed by atoms with Gasteiger partial charge in [-0.3, -0.25) is 4.79 Å². The van der Waals surface area contributed by atoms with Crippen LogP contribution in [0.5, 0.6) is 5.88 Å². The third-order valence-corrected chi connectivity index (χ3v) is 3.80. The van der Waals surface area contributed by atoms with Crippen LogP contribution in [-0.2, 0) is 0 Å². The lowest BCUT2D eigenvalue weighted by atomic mass is 10.1. The van der Waals surface area contributed by atoms with Gasteiger partial charge in [-0.25, -0.2) is 4.98 Å². The molecule has 0 aliphatic heterocycles. The van der Waals surface area contributed by atoms with E-state index in [2.05, 4.69) is 10.1 Å². The first-order chi connectivity index (χ1) is 11.2. The maximum atomic E-state index is 12.6. The normalized spacial score (nSPS) is 10.9. The summed E-state index contributed by atoms with van der Waals surface area (Å²) in [5, 5.41) is 14.3. The minimum absolute atomic E-state index is 0.0487. The zero-order chi connectivity index (χ0) is 16.4. The fourth-order valence-electron chi connectivity index (χ4n) is 2.54. The highest BCUT2D eigenvalue weighted by Crippen LogP contribution is 2.24. The van der Waals surface area contributed by atoms with E-state index in [4.69, 9.17) is 0 Å². The molecule has 118 valence electrons. The lowest BCUT2D eigenvalue weighted by molar-refractivity contribution is 0.0774. The van der Waals surface area contributed by atoms with Gasteiger partial charge in [0.15, 0.2) is 5.65 Å². The van der Waals surface area contributed by atoms with Gasteiger partial charge >= 0.3 is 0 Å². The molecule has 0 saturated heterocycles. The molecule has 6 nitrogen and oxygen atoms in total. The second-order valence-corrected chi connectivity index (χ2v) is 5.14. The van der Waals surface area contributed by atoms with Gasteiger partial charge in [0, 0.05) is 24.7 Å². The number of carbonyl (C=O) groups excluding carboxylic acids is 1. The van der Waals surface area contributed by atoms with Crippen molar-refractivity contribution in [1.29, 1.82) is 0 Å². The quantitative estimate of drug-likeness (QED) is 0.804. The van der Waals surface area contributed by atoms with Crippen LogP contribution in [0.4, 0.5) is 0 Å². The van der Waals surface area contributed by atoms with Crippen molar-refractivity contribution in [2.75, 3.05) is 13.1 Å². The van der Waals surface area contributed by atoms with Crippen LogP contribution in [0.3, 0.4) is 0 Å². The van der Waals surface area contributed by atoms with Crippen LogP contribution in [0.1, 0.15) is 24.2 Å². The molecule has 0 radical (unpaired) electrons. The van der Waals surface area contributed by atoms with Crippen LogP contribution in [0, 0.1) is 0 Å². The Morgan fingerprint density at radius 2 is 1.91 bits per heavy atom. The van der Waals surface area contributed by atoms with Crippen molar-refractivity contribution in [3.63, 3.8) is 0 Å². The summed E-state index contributed by atoms with van der Waals surface area (Å²) >= 11 is 0. The Balaban J connectivity index is 2.15. The van der Waals surface area contributed by atoms with E-state index < -0.39 is 0 Å². The Hall–Kier alpha value is -2.89. The van der Waals surface area contributed by atoms with E-state index >= 15 is 0 Å². The van der Waals surface area contributed by atoms with Crippen molar-refractivity contribution in [1.82, 2.24) is 19.5 Å². The average molecular weight is 310 g/mol. The third-order valence-electron chi connectivity index (χ3n) is 3.80. The van der Waals surface area contributed by atoms with E-state index in [1.807, 2.05) is 44.2 Å². The highest BCUT2D eigenvalue weighted by Gasteiger charge is 2.20. The molecule has 1 aromatic carbocycles. The lowest BCUT2D eigenvalue weighted by Crippen LogP contribution is -2.30. The molecule has 0 bridgehead atoms. The van der Waals surface area contributed by atoms with Gasteiger partial charge in [0.25, 0.3) is 5.91 Å². The van der Waals surface area contributed by atoms with Crippen molar-refractivity contribution in [3.8, 4) is 17.1 Å². The van der Waals surface area contributed by atoms with Crippen LogP contribution in [0.2, 0.25) is 0 Å². The molecule has 0 spiro atoms. The fourth-order valence-corrected chi connectivity index (χ4v) is 2.54. The second-order valence-electron chi connectivity index (χ2n) is 5.14. The summed E-state index contributed by atoms with van der Waals surface area (Å²) in [5.74, 6) is -0.186. The number of benzene rings is 1. The van der Waals surface area contributed by atoms with E-state index in [0.717, 1.165) is 5.56 Å². The summed E-state index contributed by atoms with van der Waals surface area (Å²) < 4.78 is 1.28. The fraction of sp³-hybridized carbons (Fsp3) is 0.235. The number of carbonyl (C=O) groups is 1. The molecule has 23 heavy (non-hydrogen) atoms. The number of hydrogen-bond acceptors (Lipinski definition) is 4. The van der Waals surface area contributed by atoms with Crippen LogP contribution in [0.15, 0.2) is 42.6 Å². The molecule has 0 fully saturated rings. The molecule has 0 atom stereocenters. The number of amides is 1. The molecule has 3 rings (SSSR count). The van der Waals surface area contributed by atoms with Gasteiger partial charge in [-0.15, -0.1) is 0 Å². The number of hydrogen-bond donors (Lipinski definition) is 1. The van der Waals surface area contributed by atoms with E-state index in [0.29, 0.717) is 30.0 Å². The molecule has 3 aromatic rings. The number of aromatic nitrogens is 3. The van der Waals surface area contributed by atoms with Crippen molar-refractivity contribution < 1.29 is 9.90 Å². The van der Waals surface area contributed by atoms with Crippen LogP contribution in [-0.4, -0.2) is 43.6 Å². The third kappa shape index (κ3) is 2.63. The SMILES string of the molecule is CCN(CC)C(=O)c1cnn2c(O)cc(-c3ccccc3)nc12. The Kier molecular flexibility index (Phi) is 3.97. The second kappa shape index (κ2) is 6.08. The predicted octanol–water partition coefficient (Wildman–Crippen LogP) is 2.58. The summed E-state index contributed by atoms with van der Waals surface area (Å²) in [6.07, 6.45) is 1.46. The van der Waals surface area contributed by atoms with Crippen molar-refractivity contribution in [2.24, 2.45) is 0 Å². The van der Waals surface area contributed by atoms with Gasteiger partial charge in [0.2, 0.25) is 5.88 Å². The van der Waals surface area contributed by atoms with Crippen molar-refractivity contribution in [3.05, 3.63) is 48.2 Å². The largest absolute Gasteiger partial charge is 0.493 e. The van der Waals surface area contributed by atoms with E-state index in [1.54, 1.807) is 11.0 Å². The van der Waals surface area contributed by atoms with E-state index in [1.165, 1.54) is 10.7 Å². The smallest absolute Gasteiger partial charge is 0.259 e. The van der Waals surface area contributed by atoms with Gasteiger partial charge < -0.3 is 10.0 Å². The number of fused-ring (bicyclic) bond motifs is 1. The van der Waals surface area contributed by atoms with Crippen LogP contribution < -0.4 is 0 Å². The van der Waals surface area contributed by atoms with Crippen molar-refractivity contribution >= 4 is 11.6 Å². The Morgan fingerprint density at radius 1 is 1.22 bits per heavy atom. The van der Waals surface area contributed by atoms with Gasteiger partial charge in [0.05, 0.1) is 11.9 Å². The molecular formula is C17H18N4O2. The molecule has 0 unspecified atom stereocenters. The molecule has 0 saturated carbocycles. The topological polar surface area (TPSA) is 70.7 Å². The summed E-state index contributed by atoms with van der Waals surface area (Å²) in [4.78, 5) is 18.8. The first-order valence-electron chi connectivity index (χ1n) is 7.58. The maximum absolute atomic E-state index is 12.6. The molecule has 6 heteroatoms. The molecule has 0 aliphatic carbocycles. The zero-order valence-electron chi connectivity index (χ0n) is 13.1. The van der Waals surface area contributed by atoms with Crippen LogP contribution >= 0.6 is 0 Å². The molecule has 2 aromatic heterocycles. The first-order valence-corrected chi connectivity index (χ1v) is 7.58. The molecular weight excluding hydrogens is 292 g/mol. The first kappa shape index (κ1) is 15.0. The summed E-state index contributed by atoms with van der Waals surface area (Å²) in [7, 11) is 0. The predicted molar refractivity (Wildman–Crippen MR) is 87.3 cm³/mol. The molecule has 1 amide bonds. The summed E-state index contributed by atoms with van der Waals surface area (Å²) in [6.45, 7) is 5.06. The standard InChI is InChI=1S/C17H18N4O2/c1-3-20(4-2)17(23)13-11-18-21-15(22)10-14(19-16(13)21)12-8-6-5-7-9-12/h5-11,22H,3-4H2,1-2H3. The Labute approximate surface area is 134 Å². The average Bonchev–Trinajstić information content (AvgIpc) is 3.01. The number of rotatable bonds is 4. The monoisotopic (exact) mass is 310 g/mol. The number of nitrogens with zero attached hydrogens (tertiary/aromatic N) is 4. The lowest BCUT2D eigenvalue weighted by Gasteiger charge is -2.17. The highest BCUT2D eigenvalue weighted by atomic mass is 16.3. The Bertz CT molecular complexity index is 838. The number of aromatic hydroxyl groups is 1.